The minimum Gasteiger partial charge on any atom is -0.347 e. The Kier molecular flexibility index (Phi) is 6.03. The second-order valence-electron chi connectivity index (χ2n) is 6.10. The Morgan fingerprint density at radius 1 is 1.19 bits per heavy atom. The number of halogens is 1. The molecule has 0 saturated carbocycles. The van der Waals surface area contributed by atoms with E-state index in [-0.39, 0.29) is 30.7 Å². The van der Waals surface area contributed by atoms with Gasteiger partial charge in [-0.05, 0) is 36.8 Å². The maximum absolute atomic E-state index is 12.1. The molecule has 1 heterocycles. The van der Waals surface area contributed by atoms with Gasteiger partial charge < -0.3 is 16.0 Å². The number of thioether (sulfide) groups is 1. The number of benzene rings is 2. The fraction of sp³-hybridized carbons (Fsp3) is 0.211. The van der Waals surface area contributed by atoms with E-state index in [0.29, 0.717) is 10.7 Å². The minimum atomic E-state index is -0.533. The highest BCUT2D eigenvalue weighted by molar-refractivity contribution is 8.01. The van der Waals surface area contributed by atoms with Crippen LogP contribution in [-0.2, 0) is 14.4 Å². The first-order valence-corrected chi connectivity index (χ1v) is 9.57. The summed E-state index contributed by atoms with van der Waals surface area (Å²) < 4.78 is 0. The second-order valence-corrected chi connectivity index (χ2v) is 7.76. The van der Waals surface area contributed by atoms with Gasteiger partial charge in [-0.15, -0.1) is 11.8 Å². The van der Waals surface area contributed by atoms with Crippen LogP contribution in [0.5, 0.6) is 0 Å². The maximum atomic E-state index is 12.1. The van der Waals surface area contributed by atoms with Gasteiger partial charge in [-0.25, -0.2) is 0 Å². The molecule has 3 amide bonds. The molecule has 2 aromatic rings. The van der Waals surface area contributed by atoms with Gasteiger partial charge in [-0.2, -0.15) is 0 Å². The third-order valence-electron chi connectivity index (χ3n) is 3.92. The third kappa shape index (κ3) is 5.02. The van der Waals surface area contributed by atoms with E-state index in [0.717, 1.165) is 16.1 Å². The Morgan fingerprint density at radius 3 is 2.74 bits per heavy atom. The number of carbonyl (C=O) groups excluding carboxylic acids is 3. The number of hydrogen-bond acceptors (Lipinski definition) is 4. The first-order valence-electron chi connectivity index (χ1n) is 8.31. The highest BCUT2D eigenvalue weighted by atomic mass is 35.5. The zero-order valence-corrected chi connectivity index (χ0v) is 16.1. The highest BCUT2D eigenvalue weighted by Gasteiger charge is 2.28. The zero-order valence-electron chi connectivity index (χ0n) is 14.5. The van der Waals surface area contributed by atoms with Gasteiger partial charge >= 0.3 is 0 Å². The van der Waals surface area contributed by atoms with Crippen LogP contribution in [0.2, 0.25) is 5.02 Å². The molecule has 0 saturated heterocycles. The van der Waals surface area contributed by atoms with Crippen molar-refractivity contribution < 1.29 is 14.4 Å². The van der Waals surface area contributed by atoms with Crippen LogP contribution in [0.1, 0.15) is 12.0 Å². The lowest BCUT2D eigenvalue weighted by Crippen LogP contribution is -2.37. The number of para-hydroxylation sites is 1. The van der Waals surface area contributed by atoms with Crippen molar-refractivity contribution in [2.45, 2.75) is 23.5 Å². The lowest BCUT2D eigenvalue weighted by Gasteiger charge is -2.23. The van der Waals surface area contributed by atoms with Gasteiger partial charge in [-0.1, -0.05) is 29.8 Å². The number of fused-ring (bicyclic) bond motifs is 1. The normalized spacial score (nSPS) is 15.5. The summed E-state index contributed by atoms with van der Waals surface area (Å²) in [7, 11) is 0. The maximum Gasteiger partial charge on any atom is 0.243 e. The van der Waals surface area contributed by atoms with E-state index < -0.39 is 5.25 Å². The molecule has 6 nitrogen and oxygen atoms in total. The lowest BCUT2D eigenvalue weighted by atomic mass is 10.2. The Bertz CT molecular complexity index is 904. The summed E-state index contributed by atoms with van der Waals surface area (Å²) in [6.07, 6.45) is -0.0105. The molecule has 2 aromatic carbocycles. The van der Waals surface area contributed by atoms with Crippen molar-refractivity contribution in [1.82, 2.24) is 5.32 Å². The van der Waals surface area contributed by atoms with Crippen molar-refractivity contribution in [3.05, 3.63) is 53.1 Å². The van der Waals surface area contributed by atoms with Crippen LogP contribution in [-0.4, -0.2) is 29.5 Å². The molecule has 0 fully saturated rings. The second kappa shape index (κ2) is 8.45. The van der Waals surface area contributed by atoms with Gasteiger partial charge in [-0.3, -0.25) is 14.4 Å². The van der Waals surface area contributed by atoms with E-state index >= 15 is 0 Å². The number of aryl methyl sites for hydroxylation is 1. The molecule has 1 atom stereocenters. The summed E-state index contributed by atoms with van der Waals surface area (Å²) >= 11 is 7.42. The van der Waals surface area contributed by atoms with Crippen LogP contribution in [0.3, 0.4) is 0 Å². The van der Waals surface area contributed by atoms with Gasteiger partial charge in [0, 0.05) is 11.3 Å². The van der Waals surface area contributed by atoms with Crippen molar-refractivity contribution >= 4 is 52.5 Å². The fourth-order valence-corrected chi connectivity index (χ4v) is 3.96. The molecule has 0 aromatic heterocycles. The monoisotopic (exact) mass is 403 g/mol. The Hall–Kier alpha value is -2.51. The average Bonchev–Trinajstić information content (AvgIpc) is 2.63. The lowest BCUT2D eigenvalue weighted by molar-refractivity contribution is -0.125. The first kappa shape index (κ1) is 19.3. The molecule has 0 spiro atoms. The van der Waals surface area contributed by atoms with Gasteiger partial charge in [0.05, 0.1) is 28.2 Å². The highest BCUT2D eigenvalue weighted by Crippen LogP contribution is 2.36. The van der Waals surface area contributed by atoms with Crippen molar-refractivity contribution in [2.24, 2.45) is 0 Å². The molecule has 3 rings (SSSR count). The van der Waals surface area contributed by atoms with Crippen molar-refractivity contribution in [3.63, 3.8) is 0 Å². The molecule has 0 aliphatic carbocycles. The SMILES string of the molecule is Cc1ccc(NC(=O)CNC(=O)CC2Sc3ccccc3NC2=O)c(Cl)c1. The summed E-state index contributed by atoms with van der Waals surface area (Å²) in [5.74, 6) is -0.975. The van der Waals surface area contributed by atoms with E-state index in [1.165, 1.54) is 11.8 Å². The van der Waals surface area contributed by atoms with E-state index in [1.807, 2.05) is 37.3 Å². The molecule has 0 radical (unpaired) electrons. The van der Waals surface area contributed by atoms with Gasteiger partial charge in [0.15, 0.2) is 0 Å². The van der Waals surface area contributed by atoms with Gasteiger partial charge in [0.25, 0.3) is 0 Å². The molecule has 0 bridgehead atoms. The molecule has 8 heteroatoms. The molecule has 1 unspecified atom stereocenters. The fourth-order valence-electron chi connectivity index (χ4n) is 2.56. The van der Waals surface area contributed by atoms with Crippen molar-refractivity contribution in [1.29, 1.82) is 0 Å². The van der Waals surface area contributed by atoms with Crippen molar-refractivity contribution in [2.75, 3.05) is 17.2 Å². The van der Waals surface area contributed by atoms with Gasteiger partial charge in [0.2, 0.25) is 17.7 Å². The quantitative estimate of drug-likeness (QED) is 0.715. The van der Waals surface area contributed by atoms with Crippen LogP contribution in [0, 0.1) is 6.92 Å². The standard InChI is InChI=1S/C19H18ClN3O3S/c1-11-6-7-13(12(20)8-11)22-18(25)10-21-17(24)9-16-19(26)23-14-4-2-3-5-15(14)27-16/h2-8,16H,9-10H2,1H3,(H,21,24)(H,22,25)(H,23,26). The van der Waals surface area contributed by atoms with E-state index in [9.17, 15) is 14.4 Å². The zero-order chi connectivity index (χ0) is 19.4. The molecule has 140 valence electrons. The molecule has 1 aliphatic heterocycles. The van der Waals surface area contributed by atoms with E-state index in [2.05, 4.69) is 16.0 Å². The summed E-state index contributed by atoms with van der Waals surface area (Å²) in [6, 6.07) is 12.7. The average molecular weight is 404 g/mol. The molecular weight excluding hydrogens is 386 g/mol. The summed E-state index contributed by atoms with van der Waals surface area (Å²) in [6.45, 7) is 1.70. The van der Waals surface area contributed by atoms with Crippen LogP contribution >= 0.6 is 23.4 Å². The summed E-state index contributed by atoms with van der Waals surface area (Å²) in [4.78, 5) is 37.2. The molecular formula is C19H18ClN3O3S. The number of anilines is 2. The topological polar surface area (TPSA) is 87.3 Å². The van der Waals surface area contributed by atoms with Crippen LogP contribution in [0.15, 0.2) is 47.4 Å². The minimum absolute atomic E-state index is 0.0105. The smallest absolute Gasteiger partial charge is 0.243 e. The summed E-state index contributed by atoms with van der Waals surface area (Å²) in [5, 5.41) is 7.88. The number of rotatable bonds is 5. The first-order chi connectivity index (χ1) is 12.9. The molecule has 27 heavy (non-hydrogen) atoms. The third-order valence-corrected chi connectivity index (χ3v) is 5.51. The Labute approximate surface area is 166 Å². The van der Waals surface area contributed by atoms with Crippen LogP contribution < -0.4 is 16.0 Å². The Balaban J connectivity index is 1.49. The predicted octanol–water partition coefficient (Wildman–Crippen LogP) is 3.21. The number of carbonyl (C=O) groups is 3. The molecule has 3 N–H and O–H groups in total. The van der Waals surface area contributed by atoms with E-state index in [1.54, 1.807) is 12.1 Å². The predicted molar refractivity (Wildman–Crippen MR) is 107 cm³/mol. The summed E-state index contributed by atoms with van der Waals surface area (Å²) in [5.41, 5.74) is 2.22. The Morgan fingerprint density at radius 2 is 1.96 bits per heavy atom. The number of nitrogens with one attached hydrogen (secondary N) is 3. The van der Waals surface area contributed by atoms with Crippen molar-refractivity contribution in [3.8, 4) is 0 Å². The van der Waals surface area contributed by atoms with Crippen LogP contribution in [0.4, 0.5) is 11.4 Å². The number of amides is 3. The van der Waals surface area contributed by atoms with Crippen LogP contribution in [0.25, 0.3) is 0 Å². The molecule has 1 aliphatic rings. The largest absolute Gasteiger partial charge is 0.347 e. The van der Waals surface area contributed by atoms with E-state index in [4.69, 9.17) is 11.6 Å². The van der Waals surface area contributed by atoms with Gasteiger partial charge in [0.1, 0.15) is 0 Å². The number of hydrogen-bond donors (Lipinski definition) is 3.